The molecule has 1 atom stereocenters. The number of piperidine rings is 1. The van der Waals surface area contributed by atoms with Gasteiger partial charge in [-0.2, -0.15) is 0 Å². The predicted molar refractivity (Wildman–Crippen MR) is 85.6 cm³/mol. The molecule has 21 heavy (non-hydrogen) atoms. The molecule has 2 heterocycles. The minimum absolute atomic E-state index is 0.0325. The Morgan fingerprint density at radius 3 is 2.86 bits per heavy atom. The fourth-order valence-electron chi connectivity index (χ4n) is 3.44. The Kier molecular flexibility index (Phi) is 4.44. The zero-order valence-corrected chi connectivity index (χ0v) is 12.8. The second kappa shape index (κ2) is 6.48. The summed E-state index contributed by atoms with van der Waals surface area (Å²) >= 11 is 0. The van der Waals surface area contributed by atoms with E-state index < -0.39 is 0 Å². The van der Waals surface area contributed by atoms with Crippen LogP contribution in [0.2, 0.25) is 0 Å². The Morgan fingerprint density at radius 1 is 1.33 bits per heavy atom. The minimum Gasteiger partial charge on any atom is -0.384 e. The Hall–Kier alpha value is -1.55. The van der Waals surface area contributed by atoms with Crippen LogP contribution in [0.3, 0.4) is 0 Å². The number of amides is 1. The third kappa shape index (κ3) is 3.21. The van der Waals surface area contributed by atoms with E-state index in [1.807, 2.05) is 18.2 Å². The molecule has 0 aromatic heterocycles. The maximum atomic E-state index is 12.5. The minimum atomic E-state index is -0.0325. The molecule has 0 saturated carbocycles. The van der Waals surface area contributed by atoms with Crippen LogP contribution in [0.5, 0.6) is 0 Å². The van der Waals surface area contributed by atoms with Gasteiger partial charge < -0.3 is 15.5 Å². The lowest BCUT2D eigenvalue weighted by Crippen LogP contribution is -2.46. The largest absolute Gasteiger partial charge is 0.384 e. The Labute approximate surface area is 126 Å². The number of nitrogens with one attached hydrogen (secondary N) is 2. The Morgan fingerprint density at radius 2 is 2.10 bits per heavy atom. The number of carbonyl (C=O) groups excluding carboxylic acids is 1. The van der Waals surface area contributed by atoms with Gasteiger partial charge in [0.15, 0.2) is 0 Å². The highest BCUT2D eigenvalue weighted by molar-refractivity contribution is 5.88. The first-order valence-electron chi connectivity index (χ1n) is 8.13. The molecule has 2 N–H and O–H groups in total. The molecule has 3 rings (SSSR count). The summed E-state index contributed by atoms with van der Waals surface area (Å²) in [6.45, 7) is 6.34. The van der Waals surface area contributed by atoms with Gasteiger partial charge in [0.05, 0.1) is 5.92 Å². The number of nitrogens with zero attached hydrogens (tertiary/aromatic N) is 1. The predicted octanol–water partition coefficient (Wildman–Crippen LogP) is 2.19. The van der Waals surface area contributed by atoms with Crippen molar-refractivity contribution in [3.63, 3.8) is 0 Å². The normalized spacial score (nSPS) is 22.6. The number of fused-ring (bicyclic) bond motifs is 1. The standard InChI is InChI=1S/C17H25N3O/c1-2-9-20-10-7-13(8-11-20)19-17(21)15-12-18-16-6-4-3-5-14(15)16/h3-6,13,15,18H,2,7-12H2,1H3,(H,19,21). The van der Waals surface area contributed by atoms with Crippen LogP contribution in [0.25, 0.3) is 0 Å². The number of hydrogen-bond acceptors (Lipinski definition) is 3. The van der Waals surface area contributed by atoms with Gasteiger partial charge in [0, 0.05) is 31.4 Å². The highest BCUT2D eigenvalue weighted by Gasteiger charge is 2.30. The molecule has 2 aliphatic rings. The van der Waals surface area contributed by atoms with Gasteiger partial charge in [-0.3, -0.25) is 4.79 Å². The van der Waals surface area contributed by atoms with Crippen molar-refractivity contribution in [3.05, 3.63) is 29.8 Å². The van der Waals surface area contributed by atoms with Crippen LogP contribution in [-0.4, -0.2) is 43.0 Å². The zero-order chi connectivity index (χ0) is 14.7. The van der Waals surface area contributed by atoms with Gasteiger partial charge in [0.1, 0.15) is 0 Å². The van der Waals surface area contributed by atoms with Gasteiger partial charge in [0.2, 0.25) is 5.91 Å². The van der Waals surface area contributed by atoms with E-state index in [9.17, 15) is 4.79 Å². The first kappa shape index (κ1) is 14.4. The van der Waals surface area contributed by atoms with Crippen LogP contribution in [0.15, 0.2) is 24.3 Å². The molecule has 0 radical (unpaired) electrons. The highest BCUT2D eigenvalue weighted by Crippen LogP contribution is 2.31. The molecule has 1 unspecified atom stereocenters. The van der Waals surface area contributed by atoms with E-state index in [2.05, 4.69) is 28.5 Å². The summed E-state index contributed by atoms with van der Waals surface area (Å²) in [7, 11) is 0. The zero-order valence-electron chi connectivity index (χ0n) is 12.8. The average Bonchev–Trinajstić information content (AvgIpc) is 2.93. The SMILES string of the molecule is CCCN1CCC(NC(=O)C2CNc3ccccc32)CC1. The number of rotatable bonds is 4. The van der Waals surface area contributed by atoms with Gasteiger partial charge in [-0.05, 0) is 37.4 Å². The lowest BCUT2D eigenvalue weighted by atomic mass is 9.98. The molecule has 4 nitrogen and oxygen atoms in total. The molecule has 0 spiro atoms. The number of para-hydroxylation sites is 1. The molecule has 1 aromatic carbocycles. The van der Waals surface area contributed by atoms with Crippen LogP contribution in [0.1, 0.15) is 37.7 Å². The summed E-state index contributed by atoms with van der Waals surface area (Å²) in [6.07, 6.45) is 3.36. The lowest BCUT2D eigenvalue weighted by Gasteiger charge is -2.32. The smallest absolute Gasteiger partial charge is 0.229 e. The number of hydrogen-bond donors (Lipinski definition) is 2. The number of carbonyl (C=O) groups is 1. The molecule has 1 amide bonds. The summed E-state index contributed by atoms with van der Waals surface area (Å²) in [5, 5.41) is 6.58. The van der Waals surface area contributed by atoms with Gasteiger partial charge in [-0.1, -0.05) is 25.1 Å². The van der Waals surface area contributed by atoms with Crippen molar-refractivity contribution in [1.82, 2.24) is 10.2 Å². The topological polar surface area (TPSA) is 44.4 Å². The van der Waals surface area contributed by atoms with Crippen molar-refractivity contribution >= 4 is 11.6 Å². The van der Waals surface area contributed by atoms with E-state index in [4.69, 9.17) is 0 Å². The van der Waals surface area contributed by atoms with Gasteiger partial charge in [-0.25, -0.2) is 0 Å². The monoisotopic (exact) mass is 287 g/mol. The molecule has 4 heteroatoms. The fraction of sp³-hybridized carbons (Fsp3) is 0.588. The molecule has 114 valence electrons. The van der Waals surface area contributed by atoms with E-state index in [1.165, 1.54) is 13.0 Å². The Bertz CT molecular complexity index is 495. The van der Waals surface area contributed by atoms with Gasteiger partial charge in [-0.15, -0.1) is 0 Å². The summed E-state index contributed by atoms with van der Waals surface area (Å²) in [5.41, 5.74) is 2.24. The van der Waals surface area contributed by atoms with Crippen molar-refractivity contribution in [1.29, 1.82) is 0 Å². The van der Waals surface area contributed by atoms with E-state index in [0.717, 1.165) is 43.7 Å². The quantitative estimate of drug-likeness (QED) is 0.892. The molecule has 1 aromatic rings. The summed E-state index contributed by atoms with van der Waals surface area (Å²) in [5.74, 6) is 0.149. The van der Waals surface area contributed by atoms with Crippen molar-refractivity contribution < 1.29 is 4.79 Å². The maximum Gasteiger partial charge on any atom is 0.229 e. The summed E-state index contributed by atoms with van der Waals surface area (Å²) < 4.78 is 0. The van der Waals surface area contributed by atoms with Crippen molar-refractivity contribution in [3.8, 4) is 0 Å². The van der Waals surface area contributed by atoms with Crippen molar-refractivity contribution in [2.24, 2.45) is 0 Å². The average molecular weight is 287 g/mol. The van der Waals surface area contributed by atoms with Crippen molar-refractivity contribution in [2.75, 3.05) is 31.5 Å². The van der Waals surface area contributed by atoms with E-state index in [-0.39, 0.29) is 11.8 Å². The van der Waals surface area contributed by atoms with Gasteiger partial charge >= 0.3 is 0 Å². The first-order chi connectivity index (χ1) is 10.3. The molecule has 1 saturated heterocycles. The summed E-state index contributed by atoms with van der Waals surface area (Å²) in [6, 6.07) is 8.47. The highest BCUT2D eigenvalue weighted by atomic mass is 16.2. The maximum absolute atomic E-state index is 12.5. The third-order valence-corrected chi connectivity index (χ3v) is 4.62. The Balaban J connectivity index is 1.54. The number of anilines is 1. The second-order valence-corrected chi connectivity index (χ2v) is 6.15. The molecule has 1 fully saturated rings. The van der Waals surface area contributed by atoms with Crippen LogP contribution in [0, 0.1) is 0 Å². The molecule has 0 aliphatic carbocycles. The van der Waals surface area contributed by atoms with Crippen molar-refractivity contribution in [2.45, 2.75) is 38.1 Å². The van der Waals surface area contributed by atoms with E-state index in [1.54, 1.807) is 0 Å². The van der Waals surface area contributed by atoms with E-state index in [0.29, 0.717) is 6.04 Å². The first-order valence-corrected chi connectivity index (χ1v) is 8.13. The third-order valence-electron chi connectivity index (χ3n) is 4.62. The second-order valence-electron chi connectivity index (χ2n) is 6.15. The lowest BCUT2D eigenvalue weighted by molar-refractivity contribution is -0.123. The number of likely N-dealkylation sites (tertiary alicyclic amines) is 1. The fourth-order valence-corrected chi connectivity index (χ4v) is 3.44. The number of benzene rings is 1. The van der Waals surface area contributed by atoms with Crippen LogP contribution in [-0.2, 0) is 4.79 Å². The van der Waals surface area contributed by atoms with Crippen LogP contribution < -0.4 is 10.6 Å². The molecule has 0 bridgehead atoms. The summed E-state index contributed by atoms with van der Waals surface area (Å²) in [4.78, 5) is 15.0. The van der Waals surface area contributed by atoms with Gasteiger partial charge in [0.25, 0.3) is 0 Å². The molecular formula is C17H25N3O. The molecule has 2 aliphatic heterocycles. The van der Waals surface area contributed by atoms with Crippen LogP contribution >= 0.6 is 0 Å². The van der Waals surface area contributed by atoms with E-state index >= 15 is 0 Å². The molecular weight excluding hydrogens is 262 g/mol. The van der Waals surface area contributed by atoms with Crippen LogP contribution in [0.4, 0.5) is 5.69 Å².